The maximum atomic E-state index is 8.93. The normalized spacial score (nSPS) is 10.1. The van der Waals surface area contributed by atoms with E-state index in [9.17, 15) is 0 Å². The molecule has 0 atom stereocenters. The number of ether oxygens (including phenoxy) is 1. The summed E-state index contributed by atoms with van der Waals surface area (Å²) in [7, 11) is 0. The molecular weight excluding hydrogens is 170 g/mol. The molecule has 0 unspecified atom stereocenters. The third-order valence-corrected chi connectivity index (χ3v) is 1.60. The number of nitrogens with zero attached hydrogens (tertiary/aromatic N) is 1. The highest BCUT2D eigenvalue weighted by Gasteiger charge is 2.03. The molecule has 4 heteroatoms. The van der Waals surface area contributed by atoms with Crippen molar-refractivity contribution in [2.75, 3.05) is 13.2 Å². The number of rotatable bonds is 4. The summed E-state index contributed by atoms with van der Waals surface area (Å²) in [5.41, 5.74) is 1.46. The quantitative estimate of drug-likeness (QED) is 0.702. The molecule has 0 radical (unpaired) electrons. The molecule has 72 valence electrons. The predicted molar refractivity (Wildman–Crippen MR) is 47.5 cm³/mol. The molecule has 0 saturated heterocycles. The van der Waals surface area contributed by atoms with Crippen LogP contribution in [-0.4, -0.2) is 28.4 Å². The minimum Gasteiger partial charge on any atom is -0.491 e. The Morgan fingerprint density at radius 1 is 1.46 bits per heavy atom. The van der Waals surface area contributed by atoms with Gasteiger partial charge in [0.15, 0.2) is 0 Å². The number of aryl methyl sites for hydroxylation is 1. The second-order valence-corrected chi connectivity index (χ2v) is 2.66. The Hall–Kier alpha value is -1.13. The van der Waals surface area contributed by atoms with E-state index in [1.54, 1.807) is 12.3 Å². The zero-order valence-electron chi connectivity index (χ0n) is 7.53. The maximum absolute atomic E-state index is 8.93. The molecule has 1 aromatic heterocycles. The van der Waals surface area contributed by atoms with Gasteiger partial charge in [-0.3, -0.25) is 4.98 Å². The highest BCUT2D eigenvalue weighted by atomic mass is 16.5. The number of aliphatic hydroxyl groups excluding tert-OH is 2. The van der Waals surface area contributed by atoms with E-state index >= 15 is 0 Å². The number of aliphatic hydroxyl groups is 2. The van der Waals surface area contributed by atoms with Gasteiger partial charge in [-0.1, -0.05) is 0 Å². The van der Waals surface area contributed by atoms with Crippen LogP contribution in [0.4, 0.5) is 0 Å². The van der Waals surface area contributed by atoms with Crippen molar-refractivity contribution in [3.05, 3.63) is 23.5 Å². The van der Waals surface area contributed by atoms with Gasteiger partial charge in [-0.05, 0) is 6.92 Å². The van der Waals surface area contributed by atoms with Gasteiger partial charge in [0.2, 0.25) is 0 Å². The van der Waals surface area contributed by atoms with Crippen molar-refractivity contribution < 1.29 is 14.9 Å². The Morgan fingerprint density at radius 3 is 2.85 bits per heavy atom. The summed E-state index contributed by atoms with van der Waals surface area (Å²) in [4.78, 5) is 4.02. The average molecular weight is 183 g/mol. The van der Waals surface area contributed by atoms with E-state index in [0.29, 0.717) is 11.3 Å². The first-order valence-electron chi connectivity index (χ1n) is 4.08. The topological polar surface area (TPSA) is 62.6 Å². The molecule has 2 N–H and O–H groups in total. The lowest BCUT2D eigenvalue weighted by Gasteiger charge is -2.08. The molecule has 1 rings (SSSR count). The highest BCUT2D eigenvalue weighted by Crippen LogP contribution is 2.18. The van der Waals surface area contributed by atoms with E-state index in [2.05, 4.69) is 4.98 Å². The van der Waals surface area contributed by atoms with Crippen LogP contribution in [0.5, 0.6) is 5.75 Å². The maximum Gasteiger partial charge on any atom is 0.128 e. The fourth-order valence-corrected chi connectivity index (χ4v) is 0.972. The Balaban J connectivity index is 2.81. The lowest BCUT2D eigenvalue weighted by molar-refractivity contribution is 0.195. The van der Waals surface area contributed by atoms with Crippen molar-refractivity contribution in [1.82, 2.24) is 4.98 Å². The number of hydrogen-bond donors (Lipinski definition) is 2. The summed E-state index contributed by atoms with van der Waals surface area (Å²) < 4.78 is 5.21. The second-order valence-electron chi connectivity index (χ2n) is 2.66. The average Bonchev–Trinajstić information content (AvgIpc) is 2.15. The van der Waals surface area contributed by atoms with E-state index in [0.717, 1.165) is 5.69 Å². The van der Waals surface area contributed by atoms with Crippen molar-refractivity contribution in [3.63, 3.8) is 0 Å². The van der Waals surface area contributed by atoms with Crippen LogP contribution in [0.25, 0.3) is 0 Å². The monoisotopic (exact) mass is 183 g/mol. The third kappa shape index (κ3) is 2.68. The third-order valence-electron chi connectivity index (χ3n) is 1.60. The molecule has 0 saturated carbocycles. The van der Waals surface area contributed by atoms with Crippen LogP contribution < -0.4 is 4.74 Å². The van der Waals surface area contributed by atoms with Crippen LogP contribution >= 0.6 is 0 Å². The zero-order chi connectivity index (χ0) is 9.68. The number of pyridine rings is 1. The zero-order valence-corrected chi connectivity index (χ0v) is 7.53. The van der Waals surface area contributed by atoms with Crippen molar-refractivity contribution in [3.8, 4) is 5.75 Å². The Morgan fingerprint density at radius 2 is 2.23 bits per heavy atom. The molecule has 0 amide bonds. The molecule has 0 spiro atoms. The summed E-state index contributed by atoms with van der Waals surface area (Å²) in [6.45, 7) is 1.93. The molecule has 4 nitrogen and oxygen atoms in total. The molecule has 0 bridgehead atoms. The van der Waals surface area contributed by atoms with E-state index in [-0.39, 0.29) is 19.8 Å². The molecule has 0 aliphatic carbocycles. The Labute approximate surface area is 76.8 Å². The SMILES string of the molecule is Cc1cc(OCCO)c(CO)cn1. The molecule has 1 heterocycles. The van der Waals surface area contributed by atoms with Gasteiger partial charge in [-0.25, -0.2) is 0 Å². The largest absolute Gasteiger partial charge is 0.491 e. The van der Waals surface area contributed by atoms with E-state index in [1.165, 1.54) is 0 Å². The van der Waals surface area contributed by atoms with E-state index in [4.69, 9.17) is 14.9 Å². The van der Waals surface area contributed by atoms with Gasteiger partial charge in [0.05, 0.1) is 13.2 Å². The van der Waals surface area contributed by atoms with Crippen molar-refractivity contribution >= 4 is 0 Å². The first-order chi connectivity index (χ1) is 6.27. The van der Waals surface area contributed by atoms with Crippen LogP contribution in [0, 0.1) is 6.92 Å². The van der Waals surface area contributed by atoms with Gasteiger partial charge in [0, 0.05) is 23.5 Å². The molecule has 13 heavy (non-hydrogen) atoms. The summed E-state index contributed by atoms with van der Waals surface area (Å²) in [6.07, 6.45) is 1.57. The van der Waals surface area contributed by atoms with Gasteiger partial charge in [-0.15, -0.1) is 0 Å². The molecule has 1 aromatic rings. The standard InChI is InChI=1S/C9H13NO3/c1-7-4-9(13-3-2-11)8(6-12)5-10-7/h4-5,11-12H,2-3,6H2,1H3. The predicted octanol–water partition coefficient (Wildman–Crippen LogP) is 0.253. The van der Waals surface area contributed by atoms with Crippen LogP contribution in [0.3, 0.4) is 0 Å². The minimum absolute atomic E-state index is 0.0355. The van der Waals surface area contributed by atoms with Crippen LogP contribution in [0.2, 0.25) is 0 Å². The fourth-order valence-electron chi connectivity index (χ4n) is 0.972. The molecule has 0 aliphatic heterocycles. The first kappa shape index (κ1) is 9.95. The smallest absolute Gasteiger partial charge is 0.128 e. The van der Waals surface area contributed by atoms with Gasteiger partial charge in [-0.2, -0.15) is 0 Å². The van der Waals surface area contributed by atoms with Gasteiger partial charge in [0.1, 0.15) is 12.4 Å². The highest BCUT2D eigenvalue weighted by molar-refractivity contribution is 5.32. The fraction of sp³-hybridized carbons (Fsp3) is 0.444. The lowest BCUT2D eigenvalue weighted by atomic mass is 10.2. The second kappa shape index (κ2) is 4.79. The first-order valence-corrected chi connectivity index (χ1v) is 4.08. The number of hydrogen-bond acceptors (Lipinski definition) is 4. The van der Waals surface area contributed by atoms with Crippen LogP contribution in [-0.2, 0) is 6.61 Å². The molecule has 0 aliphatic rings. The lowest BCUT2D eigenvalue weighted by Crippen LogP contribution is -2.04. The summed E-state index contributed by atoms with van der Waals surface area (Å²) in [6, 6.07) is 1.74. The molecular formula is C9H13NO3. The van der Waals surface area contributed by atoms with Crippen molar-refractivity contribution in [1.29, 1.82) is 0 Å². The summed E-state index contributed by atoms with van der Waals surface area (Å²) >= 11 is 0. The summed E-state index contributed by atoms with van der Waals surface area (Å²) in [5, 5.41) is 17.5. The number of aromatic nitrogens is 1. The minimum atomic E-state index is -0.103. The van der Waals surface area contributed by atoms with Gasteiger partial charge >= 0.3 is 0 Å². The van der Waals surface area contributed by atoms with Crippen molar-refractivity contribution in [2.45, 2.75) is 13.5 Å². The van der Waals surface area contributed by atoms with Gasteiger partial charge in [0.25, 0.3) is 0 Å². The molecule has 0 fully saturated rings. The summed E-state index contributed by atoms with van der Waals surface area (Å²) in [5.74, 6) is 0.587. The van der Waals surface area contributed by atoms with Crippen LogP contribution in [0.1, 0.15) is 11.3 Å². The van der Waals surface area contributed by atoms with Gasteiger partial charge < -0.3 is 14.9 Å². The van der Waals surface area contributed by atoms with Crippen molar-refractivity contribution in [2.24, 2.45) is 0 Å². The Kier molecular flexibility index (Phi) is 3.67. The van der Waals surface area contributed by atoms with E-state index < -0.39 is 0 Å². The molecule has 0 aromatic carbocycles. The van der Waals surface area contributed by atoms with Crippen LogP contribution in [0.15, 0.2) is 12.3 Å². The Bertz CT molecular complexity index is 276. The van der Waals surface area contributed by atoms with E-state index in [1.807, 2.05) is 6.92 Å².